The molecule has 0 spiro atoms. The van der Waals surface area contributed by atoms with Crippen molar-refractivity contribution in [1.29, 1.82) is 0 Å². The number of hydrogen-bond acceptors (Lipinski definition) is 4. The Labute approximate surface area is 151 Å². The first-order valence-corrected chi connectivity index (χ1v) is 8.61. The van der Waals surface area contributed by atoms with Crippen molar-refractivity contribution in [3.8, 4) is 0 Å². The van der Waals surface area contributed by atoms with Gasteiger partial charge in [-0.1, -0.05) is 24.3 Å². The summed E-state index contributed by atoms with van der Waals surface area (Å²) in [5.74, 6) is -0.189. The normalized spacial score (nSPS) is 19.5. The van der Waals surface area contributed by atoms with E-state index in [0.717, 1.165) is 11.3 Å². The summed E-state index contributed by atoms with van der Waals surface area (Å²) >= 11 is 0. The number of benzene rings is 2. The van der Waals surface area contributed by atoms with Crippen molar-refractivity contribution < 1.29 is 9.18 Å². The quantitative estimate of drug-likeness (QED) is 0.725. The predicted octanol–water partition coefficient (Wildman–Crippen LogP) is 3.50. The molecule has 2 unspecified atom stereocenters. The van der Waals surface area contributed by atoms with Crippen LogP contribution in [0.15, 0.2) is 54.9 Å². The van der Waals surface area contributed by atoms with Gasteiger partial charge in [-0.2, -0.15) is 5.10 Å². The van der Waals surface area contributed by atoms with Crippen molar-refractivity contribution in [3.63, 3.8) is 0 Å². The largest absolute Gasteiger partial charge is 0.363 e. The Morgan fingerprint density at radius 3 is 2.50 bits per heavy atom. The number of aromatic nitrogens is 3. The van der Waals surface area contributed by atoms with Gasteiger partial charge in [0.25, 0.3) is 0 Å². The molecule has 1 aromatic heterocycles. The highest BCUT2D eigenvalue weighted by atomic mass is 19.1. The number of para-hydroxylation sites is 1. The third-order valence-electron chi connectivity index (χ3n) is 4.99. The van der Waals surface area contributed by atoms with Crippen molar-refractivity contribution in [3.05, 3.63) is 77.6 Å². The van der Waals surface area contributed by atoms with Crippen molar-refractivity contribution in [1.82, 2.24) is 14.8 Å². The first-order valence-electron chi connectivity index (χ1n) is 8.61. The fourth-order valence-corrected chi connectivity index (χ4v) is 3.82. The first kappa shape index (κ1) is 16.4. The van der Waals surface area contributed by atoms with Gasteiger partial charge in [0.1, 0.15) is 23.9 Å². The maximum Gasteiger partial charge on any atom is 0.178 e. The van der Waals surface area contributed by atoms with Gasteiger partial charge < -0.3 is 4.90 Å². The minimum absolute atomic E-state index is 0.00993. The van der Waals surface area contributed by atoms with Crippen molar-refractivity contribution >= 4 is 11.5 Å². The molecule has 2 aromatic carbocycles. The second kappa shape index (κ2) is 6.37. The average molecular weight is 350 g/mol. The number of likely N-dealkylation sites (N-methyl/N-ethyl adjacent to an activating group) is 1. The van der Waals surface area contributed by atoms with Crippen molar-refractivity contribution in [2.75, 3.05) is 11.4 Å². The number of carbonyl (C=O) groups excluding carboxylic acids is 1. The third kappa shape index (κ3) is 2.49. The molecule has 0 saturated heterocycles. The van der Waals surface area contributed by atoms with Crippen LogP contribution in [0.3, 0.4) is 0 Å². The lowest BCUT2D eigenvalue weighted by atomic mass is 9.80. The Hall–Kier alpha value is -3.02. The number of fused-ring (bicyclic) bond motifs is 1. The number of carbonyl (C=O) groups is 1. The van der Waals surface area contributed by atoms with Gasteiger partial charge in [0.15, 0.2) is 5.78 Å². The lowest BCUT2D eigenvalue weighted by molar-refractivity contribution is 0.0930. The molecule has 0 aliphatic carbocycles. The fraction of sp³-hybridized carbons (Fsp3) is 0.250. The van der Waals surface area contributed by atoms with Crippen LogP contribution in [0.5, 0.6) is 0 Å². The fourth-order valence-electron chi connectivity index (χ4n) is 3.82. The smallest absolute Gasteiger partial charge is 0.178 e. The number of halogens is 1. The first-order chi connectivity index (χ1) is 12.6. The van der Waals surface area contributed by atoms with Crippen LogP contribution in [0.1, 0.15) is 40.6 Å². The van der Waals surface area contributed by atoms with Gasteiger partial charge in [0.2, 0.25) is 0 Å². The number of hydrogen-bond donors (Lipinski definition) is 0. The predicted molar refractivity (Wildman–Crippen MR) is 96.7 cm³/mol. The molecule has 0 radical (unpaired) electrons. The number of rotatable bonds is 3. The molecule has 2 atom stereocenters. The van der Waals surface area contributed by atoms with Gasteiger partial charge >= 0.3 is 0 Å². The highest BCUT2D eigenvalue weighted by molar-refractivity contribution is 6.07. The molecule has 0 N–H and O–H groups in total. The molecule has 0 amide bonds. The lowest BCUT2D eigenvalue weighted by Crippen LogP contribution is -2.42. The zero-order valence-corrected chi connectivity index (χ0v) is 14.6. The highest BCUT2D eigenvalue weighted by Crippen LogP contribution is 2.45. The standard InChI is InChI=1S/C20H19FN4O/c1-3-25-16-7-5-4-6-15(16)19(26)17(20-22-12-23-24(20)2)18(25)13-8-10-14(21)11-9-13/h4-12,17-18H,3H2,1-2H3. The summed E-state index contributed by atoms with van der Waals surface area (Å²) < 4.78 is 15.1. The molecule has 6 heteroatoms. The monoisotopic (exact) mass is 350 g/mol. The summed E-state index contributed by atoms with van der Waals surface area (Å²) in [6.07, 6.45) is 1.46. The van der Waals surface area contributed by atoms with E-state index in [9.17, 15) is 9.18 Å². The van der Waals surface area contributed by atoms with Crippen LogP contribution in [-0.4, -0.2) is 27.1 Å². The molecule has 1 aliphatic rings. The van der Waals surface area contributed by atoms with Crippen LogP contribution in [-0.2, 0) is 7.05 Å². The van der Waals surface area contributed by atoms with E-state index in [0.29, 0.717) is 17.9 Å². The van der Waals surface area contributed by atoms with E-state index in [1.165, 1.54) is 18.5 Å². The summed E-state index contributed by atoms with van der Waals surface area (Å²) in [6, 6.07) is 13.7. The van der Waals surface area contributed by atoms with Gasteiger partial charge in [-0.15, -0.1) is 0 Å². The molecular weight excluding hydrogens is 331 g/mol. The Kier molecular flexibility index (Phi) is 4.03. The highest BCUT2D eigenvalue weighted by Gasteiger charge is 2.43. The van der Waals surface area contributed by atoms with Crippen LogP contribution >= 0.6 is 0 Å². The Bertz CT molecular complexity index is 950. The van der Waals surface area contributed by atoms with Gasteiger partial charge in [-0.05, 0) is 36.8 Å². The topological polar surface area (TPSA) is 51.0 Å². The summed E-state index contributed by atoms with van der Waals surface area (Å²) in [5, 5.41) is 4.15. The van der Waals surface area contributed by atoms with E-state index in [2.05, 4.69) is 21.9 Å². The zero-order valence-electron chi connectivity index (χ0n) is 14.6. The summed E-state index contributed by atoms with van der Waals surface area (Å²) in [5.41, 5.74) is 2.46. The Morgan fingerprint density at radius 1 is 1.12 bits per heavy atom. The molecule has 0 fully saturated rings. The second-order valence-electron chi connectivity index (χ2n) is 6.38. The minimum atomic E-state index is -0.511. The summed E-state index contributed by atoms with van der Waals surface area (Å²) in [6.45, 7) is 2.76. The SMILES string of the molecule is CCN1c2ccccc2C(=O)C(c2ncnn2C)C1c1ccc(F)cc1. The molecule has 132 valence electrons. The molecule has 1 aliphatic heterocycles. The van der Waals surface area contributed by atoms with E-state index in [1.807, 2.05) is 24.3 Å². The van der Waals surface area contributed by atoms with E-state index in [1.54, 1.807) is 23.9 Å². The molecule has 2 heterocycles. The summed E-state index contributed by atoms with van der Waals surface area (Å²) in [4.78, 5) is 19.9. The number of ketones is 1. The van der Waals surface area contributed by atoms with E-state index in [-0.39, 0.29) is 17.6 Å². The Balaban J connectivity index is 1.95. The number of Topliss-reactive ketones (excluding diaryl/α,β-unsaturated/α-hetero) is 1. The van der Waals surface area contributed by atoms with Gasteiger partial charge in [-0.25, -0.2) is 9.37 Å². The van der Waals surface area contributed by atoms with Crippen LogP contribution < -0.4 is 4.90 Å². The van der Waals surface area contributed by atoms with Crippen molar-refractivity contribution in [2.24, 2.45) is 7.05 Å². The van der Waals surface area contributed by atoms with Crippen LogP contribution in [0, 0.1) is 5.82 Å². The van der Waals surface area contributed by atoms with Gasteiger partial charge in [-0.3, -0.25) is 9.48 Å². The maximum atomic E-state index is 13.5. The van der Waals surface area contributed by atoms with Crippen LogP contribution in [0.2, 0.25) is 0 Å². The zero-order chi connectivity index (χ0) is 18.3. The molecule has 26 heavy (non-hydrogen) atoms. The second-order valence-corrected chi connectivity index (χ2v) is 6.38. The molecular formula is C20H19FN4O. The third-order valence-corrected chi connectivity index (χ3v) is 4.99. The Morgan fingerprint density at radius 2 is 1.85 bits per heavy atom. The van der Waals surface area contributed by atoms with E-state index >= 15 is 0 Å². The van der Waals surface area contributed by atoms with E-state index in [4.69, 9.17) is 0 Å². The number of anilines is 1. The number of aryl methyl sites for hydroxylation is 1. The van der Waals surface area contributed by atoms with Crippen LogP contribution in [0.25, 0.3) is 0 Å². The average Bonchev–Trinajstić information content (AvgIpc) is 3.08. The maximum absolute atomic E-state index is 13.5. The van der Waals surface area contributed by atoms with Gasteiger partial charge in [0, 0.05) is 24.8 Å². The minimum Gasteiger partial charge on any atom is -0.363 e. The molecule has 0 bridgehead atoms. The lowest BCUT2D eigenvalue weighted by Gasteiger charge is -2.42. The number of nitrogens with zero attached hydrogens (tertiary/aromatic N) is 4. The van der Waals surface area contributed by atoms with E-state index < -0.39 is 5.92 Å². The molecule has 0 saturated carbocycles. The molecule has 3 aromatic rings. The summed E-state index contributed by atoms with van der Waals surface area (Å²) in [7, 11) is 1.79. The molecule has 5 nitrogen and oxygen atoms in total. The van der Waals surface area contributed by atoms with Gasteiger partial charge in [0.05, 0.1) is 6.04 Å². The van der Waals surface area contributed by atoms with Crippen LogP contribution in [0.4, 0.5) is 10.1 Å². The molecule has 4 rings (SSSR count). The van der Waals surface area contributed by atoms with Crippen molar-refractivity contribution in [2.45, 2.75) is 18.9 Å².